The van der Waals surface area contributed by atoms with Gasteiger partial charge in [-0.15, -0.1) is 4.98 Å². The van der Waals surface area contributed by atoms with E-state index in [1.54, 1.807) is 94.1 Å². The van der Waals surface area contributed by atoms with Gasteiger partial charge in [-0.1, -0.05) is 177 Å². The molecular formula is C57H86BBr5Cl3CuI3N18O5PSSe4. The van der Waals surface area contributed by atoms with Crippen LogP contribution >= 0.6 is 197 Å². The summed E-state index contributed by atoms with van der Waals surface area (Å²) in [5, 5.41) is 6.10. The van der Waals surface area contributed by atoms with Crippen molar-refractivity contribution in [2.45, 2.75) is 106 Å². The van der Waals surface area contributed by atoms with Crippen molar-refractivity contribution in [3.05, 3.63) is 168 Å². The maximum absolute atomic E-state index is 9.95. The molecule has 0 aliphatic rings. The molecular weight excluding hydrogens is 2360 g/mol. The van der Waals surface area contributed by atoms with Crippen LogP contribution in [-0.4, -0.2) is 146 Å². The number of thiol groups is 1. The number of rotatable bonds is 4. The molecule has 560 valence electrons. The molecule has 8 aromatic heterocycles. The molecule has 0 fully saturated rings. The summed E-state index contributed by atoms with van der Waals surface area (Å²) in [6, 6.07) is 27.6. The van der Waals surface area contributed by atoms with Crippen LogP contribution in [0.2, 0.25) is 0 Å². The Balaban J connectivity index is -0.0000000663. The Morgan fingerprint density at radius 1 is 0.697 bits per heavy atom. The van der Waals surface area contributed by atoms with Crippen molar-refractivity contribution in [1.29, 1.82) is 0 Å². The maximum atomic E-state index is 9.95. The van der Waals surface area contributed by atoms with E-state index in [9.17, 15) is 9.36 Å². The summed E-state index contributed by atoms with van der Waals surface area (Å²) in [6.45, 7) is 36.5. The van der Waals surface area contributed by atoms with Gasteiger partial charge in [-0.3, -0.25) is 14.2 Å². The summed E-state index contributed by atoms with van der Waals surface area (Å²) in [5.74, 6) is 3.29. The van der Waals surface area contributed by atoms with Crippen molar-refractivity contribution in [1.82, 2.24) is 46.0 Å². The minimum absolute atomic E-state index is 0. The third kappa shape index (κ3) is 101. The van der Waals surface area contributed by atoms with E-state index >= 15 is 0 Å². The Labute approximate surface area is 729 Å². The zero-order valence-corrected chi connectivity index (χ0v) is 82.8. The fourth-order valence-corrected chi connectivity index (χ4v) is 7.11. The van der Waals surface area contributed by atoms with E-state index in [2.05, 4.69) is 299 Å². The molecule has 0 spiro atoms. The monoisotopic (exact) mass is 2440 g/mol. The van der Waals surface area contributed by atoms with Gasteiger partial charge in [-0.25, -0.2) is 15.0 Å². The van der Waals surface area contributed by atoms with Crippen molar-refractivity contribution < 1.29 is 37.5 Å². The van der Waals surface area contributed by atoms with Gasteiger partial charge in [-0.05, 0) is 115 Å². The molecule has 0 aromatic carbocycles. The predicted molar refractivity (Wildman–Crippen MR) is 476 cm³/mol. The molecule has 0 atom stereocenters. The zero-order chi connectivity index (χ0) is 77.3. The molecule has 8 heterocycles. The van der Waals surface area contributed by atoms with Crippen LogP contribution in [-0.2, 0) is 26.9 Å². The summed E-state index contributed by atoms with van der Waals surface area (Å²) >= 11 is 49.1. The second-order valence-corrected chi connectivity index (χ2v) is 32.7. The molecule has 8 aromatic rings. The standard InChI is InChI=1S/C6H5BrN3Se.C6H5BrN2O.C6H3BrN2Se.C6H3BrN2.C6H5N3Se.C5H5BrN2.C5H6N2.C2H4I2.7C2H6.CH2O2.BHNS.Cl3OP.Cu.HI.H3N.H2O.Se/c7-4-2-1-3-9-5(4)10-6(8)11;2*7-5-2-1-3-8-6(5)9-4-10;1-8-6-5(7)3-2-4-9-6;7-6-9-5-4(10-6)2-1-3-8-5;6-4-2-1-3-8-5(4)7;6-5-3-1-2-4-7-5;1-2(3)4;7*1-2;2-1-3;1-2-3;1-5(2,3)4;;;;;/h1-3H,(H2,8,9,10);1-4H,(H,8,9,10);1-3H;2-4H;1-3H,(H2,7,8,9);1-3H,(H2,7,8);1-4H,(H2,6,7);2H,1H3;7*1-2H3;1H,(H,2,3);3H;;;1H;1H3;1H2;/q;;;;;;;;;;;;;;;;;;+1;;;;/p-1. The van der Waals surface area contributed by atoms with Gasteiger partial charge in [0.25, 0.3) is 12.3 Å². The number of nitrogen functional groups attached to an aromatic ring is 3. The number of carboxylic acid groups (broad SMARTS) is 1. The van der Waals surface area contributed by atoms with Crippen molar-refractivity contribution in [3.63, 3.8) is 0 Å². The Kier molecular flexibility index (Phi) is 139. The Morgan fingerprint density at radius 3 is 1.34 bits per heavy atom. The van der Waals surface area contributed by atoms with Crippen LogP contribution in [0.25, 0.3) is 14.8 Å². The zero-order valence-electron chi connectivity index (χ0n) is 56.6. The molecule has 0 aliphatic carbocycles. The van der Waals surface area contributed by atoms with E-state index in [0.717, 1.165) is 34.6 Å². The first-order chi connectivity index (χ1) is 45.8. The first kappa shape index (κ1) is 131. The number of nitrogens with zero attached hydrogens (tertiary/aromatic N) is 12. The summed E-state index contributed by atoms with van der Waals surface area (Å²) < 4.78 is 21.9. The number of nitrogens with two attached hydrogens (primary N) is 4. The topological polar surface area (TPSA) is 399 Å². The second-order valence-electron chi connectivity index (χ2n) is 11.9. The van der Waals surface area contributed by atoms with Crippen molar-refractivity contribution in [2.75, 3.05) is 22.5 Å². The third-order valence-electron chi connectivity index (χ3n) is 6.30. The summed E-state index contributed by atoms with van der Waals surface area (Å²) in [5.41, 5.74) is 22.3. The number of aliphatic imine (C=N–C) groups is 2. The van der Waals surface area contributed by atoms with Gasteiger partial charge in [0, 0.05) is 40.1 Å². The quantitative estimate of drug-likeness (QED) is 0.00934. The average Bonchev–Trinajstić information content (AvgIpc) is 1.76. The van der Waals surface area contributed by atoms with E-state index < -0.39 is 5.20 Å². The molecule has 1 amide bonds. The number of alkyl halides is 2. The fourth-order valence-electron chi connectivity index (χ4n) is 3.63. The molecule has 0 unspecified atom stereocenters. The summed E-state index contributed by atoms with van der Waals surface area (Å²) in [7, 11) is 4.34. The minimum atomic E-state index is -3.22. The Hall–Kier alpha value is -0.978. The van der Waals surface area contributed by atoms with Gasteiger partial charge in [0.2, 0.25) is 6.41 Å². The van der Waals surface area contributed by atoms with Crippen LogP contribution in [0.15, 0.2) is 171 Å². The number of carbonyl (C=O) groups excluding carboxylic acids is 1. The molecule has 42 heteroatoms. The molecule has 4 radical (unpaired) electrons. The van der Waals surface area contributed by atoms with Crippen molar-refractivity contribution in [3.8, 4) is 0 Å². The SMILES string of the molecule is CC.CC.CC.CC.CC.CC.CC.CC(I)I.N.NC([Se])=Nc1ncccc1Br.Nc1ccccn1.Nc1nc2ncccc2[se]1.Nc1ncccc1Br.O.O=CNc1ncccc1Br.O=CO.O=P(Cl)(Cl)Cl.[B]=NS.[C-]#[N+]c1ncccc1Br.[Cu][I].[Se].[Se]=C=Nc1ncccc1Br. The van der Waals surface area contributed by atoms with Crippen molar-refractivity contribution in [2.24, 2.45) is 20.0 Å². The van der Waals surface area contributed by atoms with Gasteiger partial charge >= 0.3 is 282 Å². The van der Waals surface area contributed by atoms with Crippen LogP contribution in [0, 0.1) is 6.57 Å². The Morgan fingerprint density at radius 2 is 1.05 bits per heavy atom. The number of hydrogen-bond donors (Lipinski definition) is 8. The third-order valence-corrected chi connectivity index (χ3v) is 11.6. The molecule has 0 saturated heterocycles. The number of carbonyl (C=O) groups is 2. The number of aromatic nitrogens is 8. The second kappa shape index (κ2) is 106. The average molecular weight is 2440 g/mol. The molecule has 15 N–H and O–H groups in total. The first-order valence-electron chi connectivity index (χ1n) is 27.1. The number of pyridine rings is 7. The first-order valence-corrected chi connectivity index (χ1v) is 44.9. The number of fused-ring (bicyclic) bond motifs is 1. The van der Waals surface area contributed by atoms with Crippen LogP contribution < -0.4 is 34.4 Å². The number of amidine groups is 1. The number of nitrogens with one attached hydrogen (secondary N) is 1. The van der Waals surface area contributed by atoms with Gasteiger partial charge in [-0.2, -0.15) is 0 Å². The molecule has 0 saturated carbocycles. The Bertz CT molecular complexity index is 3160. The molecule has 23 nitrogen and oxygen atoms in total. The molecule has 99 heavy (non-hydrogen) atoms. The number of amides is 1. The summed E-state index contributed by atoms with van der Waals surface area (Å²) in [4.78, 5) is 60.6. The molecule has 8 rings (SSSR count). The normalized spacial score (nSPS) is 7.90. The van der Waals surface area contributed by atoms with Gasteiger partial charge in [0.05, 0.1) is 10.9 Å². The van der Waals surface area contributed by atoms with Gasteiger partial charge in [0.1, 0.15) is 23.7 Å². The summed E-state index contributed by atoms with van der Waals surface area (Å²) in [6.07, 6.45) is 12.2. The van der Waals surface area contributed by atoms with Crippen molar-refractivity contribution >= 4 is 340 Å². The van der Waals surface area contributed by atoms with Crippen LogP contribution in [0.4, 0.5) is 39.6 Å². The van der Waals surface area contributed by atoms with Gasteiger partial charge in [0.15, 0.2) is 0 Å². The van der Waals surface area contributed by atoms with E-state index in [1.165, 1.54) is 4.26 Å². The van der Waals surface area contributed by atoms with E-state index in [1.807, 2.05) is 158 Å². The number of anilines is 4. The molecule has 0 aliphatic heterocycles. The van der Waals surface area contributed by atoms with E-state index in [0.29, 0.717) is 46.1 Å². The van der Waals surface area contributed by atoms with Crippen LogP contribution in [0.3, 0.4) is 0 Å². The van der Waals surface area contributed by atoms with Gasteiger partial charge < -0.3 is 38.4 Å². The van der Waals surface area contributed by atoms with Crippen LogP contribution in [0.5, 0.6) is 0 Å². The molecule has 0 bridgehead atoms. The van der Waals surface area contributed by atoms with E-state index in [-0.39, 0.29) is 49.7 Å². The number of halogens is 11. The van der Waals surface area contributed by atoms with E-state index in [4.69, 9.17) is 39.4 Å². The number of hydrogen-bond acceptors (Lipinski definition) is 19. The van der Waals surface area contributed by atoms with Crippen LogP contribution in [0.1, 0.15) is 104 Å². The fraction of sp³-hybridized carbons (Fsp3) is 0.281. The predicted octanol–water partition coefficient (Wildman–Crippen LogP) is 20.6.